The number of carbonyl (C=O) groups excluding carboxylic acids is 5. The smallest absolute Gasteiger partial charge is 0.329 e. The molecule has 356 valence electrons. The van der Waals surface area contributed by atoms with Gasteiger partial charge in [0.05, 0.1) is 36.5 Å². The van der Waals surface area contributed by atoms with Gasteiger partial charge in [-0.3, -0.25) is 44.7 Å². The Morgan fingerprint density at radius 2 is 1.75 bits per heavy atom. The first-order chi connectivity index (χ1) is 33.4. The third kappa shape index (κ3) is 8.36. The first-order valence-electron chi connectivity index (χ1n) is 23.1. The largest absolute Gasteiger partial charge is 0.368 e. The zero-order chi connectivity index (χ0) is 47.6. The molecule has 0 bridgehead atoms. The highest BCUT2D eigenvalue weighted by Crippen LogP contribution is 2.42. The number of piperazine rings is 1. The zero-order valence-corrected chi connectivity index (χ0v) is 38.1. The molecule has 3 fully saturated rings. The van der Waals surface area contributed by atoms with Crippen molar-refractivity contribution in [3.8, 4) is 11.1 Å². The fourth-order valence-electron chi connectivity index (χ4n) is 10.5. The number of aryl methyl sites for hydroxylation is 1. The average Bonchev–Trinajstić information content (AvgIpc) is 4.21. The van der Waals surface area contributed by atoms with Gasteiger partial charge in [0, 0.05) is 98.1 Å². The summed E-state index contributed by atoms with van der Waals surface area (Å²) in [6.07, 6.45) is 5.34. The number of hydrogen-bond acceptors (Lipinski definition) is 11. The number of nitrogens with zero attached hydrogens (tertiary/aromatic N) is 9. The molecule has 0 saturated carbocycles. The van der Waals surface area contributed by atoms with E-state index in [1.807, 2.05) is 28.8 Å². The van der Waals surface area contributed by atoms with Crippen molar-refractivity contribution >= 4 is 68.5 Å². The lowest BCUT2D eigenvalue weighted by atomic mass is 9.85. The zero-order valence-electron chi connectivity index (χ0n) is 37.3. The van der Waals surface area contributed by atoms with Gasteiger partial charge in [0.1, 0.15) is 5.82 Å². The van der Waals surface area contributed by atoms with Crippen molar-refractivity contribution in [2.75, 3.05) is 67.5 Å². The number of benzene rings is 3. The van der Waals surface area contributed by atoms with Gasteiger partial charge in [-0.25, -0.2) is 27.9 Å². The summed E-state index contributed by atoms with van der Waals surface area (Å²) in [5.41, 5.74) is 4.91. The lowest BCUT2D eigenvalue weighted by Gasteiger charge is -2.39. The number of nitrogens with one attached hydrogen (secondary N) is 3. The number of imidazole rings is 1. The summed E-state index contributed by atoms with van der Waals surface area (Å²) in [6.45, 7) is 3.07. The summed E-state index contributed by atoms with van der Waals surface area (Å²) < 4.78 is 49.5. The molecule has 3 N–H and O–H groups in total. The molecule has 11 rings (SSSR count). The molecule has 6 amide bonds. The first-order valence-corrected chi connectivity index (χ1v) is 24.0. The summed E-state index contributed by atoms with van der Waals surface area (Å²) in [5.74, 6) is -5.67. The Kier molecular flexibility index (Phi) is 11.4. The lowest BCUT2D eigenvalue weighted by molar-refractivity contribution is -0.133. The first kappa shape index (κ1) is 44.4. The van der Waals surface area contributed by atoms with E-state index in [-0.39, 0.29) is 61.8 Å². The molecule has 17 nitrogen and oxygen atoms in total. The molecular formula is C48H47F3N12O5S. The van der Waals surface area contributed by atoms with E-state index in [0.29, 0.717) is 83.4 Å². The van der Waals surface area contributed by atoms with E-state index in [1.54, 1.807) is 52.0 Å². The number of thiazole rings is 1. The van der Waals surface area contributed by atoms with Crippen LogP contribution in [0.2, 0.25) is 0 Å². The number of likely N-dealkylation sites (tertiary alicyclic amines) is 1. The number of carbonyl (C=O) groups is 5. The molecule has 0 aliphatic carbocycles. The number of fused-ring (bicyclic) bond motifs is 3. The molecule has 3 saturated heterocycles. The van der Waals surface area contributed by atoms with Crippen LogP contribution in [0.25, 0.3) is 22.0 Å². The third-order valence-electron chi connectivity index (χ3n) is 14.1. The van der Waals surface area contributed by atoms with Gasteiger partial charge < -0.3 is 19.3 Å². The van der Waals surface area contributed by atoms with E-state index in [4.69, 9.17) is 0 Å². The number of imide groups is 1. The van der Waals surface area contributed by atoms with Crippen LogP contribution >= 0.6 is 11.3 Å². The number of aromatic nitrogens is 5. The highest BCUT2D eigenvalue weighted by molar-refractivity contribution is 7.13. The monoisotopic (exact) mass is 960 g/mol. The van der Waals surface area contributed by atoms with Crippen LogP contribution in [0.5, 0.6) is 0 Å². The third-order valence-corrected chi connectivity index (χ3v) is 14.8. The second-order valence-corrected chi connectivity index (χ2v) is 19.1. The minimum atomic E-state index is -3.05. The standard InChI is InChI=1S/C48H47F3N12O5S/c49-36-23-30(22-33-34(36)25-63(45(33)67)42(44(66)55-46-52-12-21-69-46)41-38-2-1-13-61(38)27-53-41)28-3-6-31(7-4-28)59-17-19-60(20-18-59)40(65)11-15-58-14-9-35(48(50,51)26-58)29-5-8-32-37(24-29)56-57-43(32)62-16-10-39(64)54-47(62)68/h3-8,12,21-24,27,35,42H,1-2,9-11,13-20,25-26H2,(H,56,57)(H,52,55,66)(H,54,64,68). The fourth-order valence-corrected chi connectivity index (χ4v) is 11.0. The van der Waals surface area contributed by atoms with E-state index in [9.17, 15) is 24.0 Å². The number of alkyl halides is 2. The number of aromatic amines is 1. The van der Waals surface area contributed by atoms with Crippen LogP contribution in [0, 0.1) is 5.82 Å². The molecular weight excluding hydrogens is 914 g/mol. The lowest BCUT2D eigenvalue weighted by Crippen LogP contribution is -2.50. The second-order valence-electron chi connectivity index (χ2n) is 18.2. The van der Waals surface area contributed by atoms with Crippen molar-refractivity contribution in [1.82, 2.24) is 44.7 Å². The number of urea groups is 1. The predicted molar refractivity (Wildman–Crippen MR) is 249 cm³/mol. The quantitative estimate of drug-likeness (QED) is 0.141. The van der Waals surface area contributed by atoms with Gasteiger partial charge in [-0.05, 0) is 78.9 Å². The maximum Gasteiger partial charge on any atom is 0.329 e. The maximum absolute atomic E-state index is 16.0. The van der Waals surface area contributed by atoms with Crippen molar-refractivity contribution in [3.05, 3.63) is 106 Å². The molecule has 6 aromatic rings. The fraction of sp³-hybridized carbons (Fsp3) is 0.375. The molecule has 21 heteroatoms. The number of hydrogen-bond donors (Lipinski definition) is 3. The van der Waals surface area contributed by atoms with Gasteiger partial charge in [0.25, 0.3) is 17.7 Å². The van der Waals surface area contributed by atoms with Crippen LogP contribution in [0.4, 0.5) is 34.6 Å². The Hall–Kier alpha value is -7.13. The summed E-state index contributed by atoms with van der Waals surface area (Å²) >= 11 is 1.26. The molecule has 8 heterocycles. The van der Waals surface area contributed by atoms with Crippen LogP contribution in [0.1, 0.15) is 70.5 Å². The SMILES string of the molecule is O=C1CCN(c2n[nH]c3cc(C4CCN(CCC(=O)N5CCN(c6ccc(-c7cc(F)c8c(c7)C(=O)N(C(C(=O)Nc7nccs7)c7ncn9c7CCC9)C8)cc6)CC5)CC4(F)F)ccc23)C(=O)N1. The molecule has 3 aromatic carbocycles. The van der Waals surface area contributed by atoms with Crippen LogP contribution in [-0.4, -0.2) is 127 Å². The number of amides is 6. The minimum Gasteiger partial charge on any atom is -0.368 e. The maximum atomic E-state index is 16.0. The summed E-state index contributed by atoms with van der Waals surface area (Å²) in [6, 6.07) is 14.0. The summed E-state index contributed by atoms with van der Waals surface area (Å²) in [7, 11) is 0. The van der Waals surface area contributed by atoms with E-state index >= 15 is 13.2 Å². The van der Waals surface area contributed by atoms with Crippen molar-refractivity contribution < 1.29 is 37.1 Å². The van der Waals surface area contributed by atoms with Crippen molar-refractivity contribution in [3.63, 3.8) is 0 Å². The molecule has 2 unspecified atom stereocenters. The second kappa shape index (κ2) is 17.7. The summed E-state index contributed by atoms with van der Waals surface area (Å²) in [4.78, 5) is 82.4. The molecule has 5 aliphatic rings. The van der Waals surface area contributed by atoms with Crippen LogP contribution in [0.15, 0.2) is 72.5 Å². The normalized spacial score (nSPS) is 19.8. The average molecular weight is 961 g/mol. The van der Waals surface area contributed by atoms with Crippen molar-refractivity contribution in [2.45, 2.75) is 63.1 Å². The predicted octanol–water partition coefficient (Wildman–Crippen LogP) is 5.91. The van der Waals surface area contributed by atoms with Crippen molar-refractivity contribution in [1.29, 1.82) is 0 Å². The Morgan fingerprint density at radius 3 is 2.52 bits per heavy atom. The van der Waals surface area contributed by atoms with Gasteiger partial charge in [-0.15, -0.1) is 11.3 Å². The van der Waals surface area contributed by atoms with Gasteiger partial charge in [0.2, 0.25) is 11.8 Å². The van der Waals surface area contributed by atoms with Crippen LogP contribution in [0.3, 0.4) is 0 Å². The topological polar surface area (TPSA) is 185 Å². The van der Waals surface area contributed by atoms with E-state index in [1.165, 1.54) is 27.2 Å². The molecule has 69 heavy (non-hydrogen) atoms. The molecule has 0 radical (unpaired) electrons. The Balaban J connectivity index is 0.683. The molecule has 3 aromatic heterocycles. The number of halogens is 3. The molecule has 5 aliphatic heterocycles. The summed E-state index contributed by atoms with van der Waals surface area (Å²) in [5, 5.41) is 14.9. The van der Waals surface area contributed by atoms with Crippen LogP contribution < -0.4 is 20.4 Å². The van der Waals surface area contributed by atoms with Crippen molar-refractivity contribution in [2.24, 2.45) is 0 Å². The van der Waals surface area contributed by atoms with Crippen LogP contribution in [-0.2, 0) is 33.9 Å². The number of H-pyrrole nitrogens is 1. The van der Waals surface area contributed by atoms with E-state index in [0.717, 1.165) is 24.3 Å². The number of anilines is 3. The van der Waals surface area contributed by atoms with E-state index < -0.39 is 48.1 Å². The highest BCUT2D eigenvalue weighted by Gasteiger charge is 2.46. The van der Waals surface area contributed by atoms with Gasteiger partial charge in [-0.1, -0.05) is 18.2 Å². The van der Waals surface area contributed by atoms with E-state index in [2.05, 4.69) is 35.7 Å². The highest BCUT2D eigenvalue weighted by atomic mass is 32.1. The number of rotatable bonds is 11. The minimum absolute atomic E-state index is 0.0882. The Labute approximate surface area is 397 Å². The van der Waals surface area contributed by atoms with Gasteiger partial charge in [0.15, 0.2) is 17.0 Å². The Bertz CT molecular complexity index is 3010. The molecule has 0 spiro atoms. The molecule has 2 atom stereocenters. The van der Waals surface area contributed by atoms with Gasteiger partial charge >= 0.3 is 6.03 Å². The van der Waals surface area contributed by atoms with Gasteiger partial charge in [-0.2, -0.15) is 5.10 Å². The Morgan fingerprint density at radius 1 is 0.928 bits per heavy atom. The number of piperidine rings is 1.